The van der Waals surface area contributed by atoms with Crippen molar-refractivity contribution in [1.82, 2.24) is 0 Å². The van der Waals surface area contributed by atoms with Crippen LogP contribution in [0.5, 0.6) is 0 Å². The van der Waals surface area contributed by atoms with E-state index >= 15 is 0 Å². The summed E-state index contributed by atoms with van der Waals surface area (Å²) in [5.74, 6) is -4.39. The molecule has 2 aromatic rings. The molecule has 110 valence electrons. The quantitative estimate of drug-likeness (QED) is 0.531. The number of benzene rings is 2. The summed E-state index contributed by atoms with van der Waals surface area (Å²) < 4.78 is 52.7. The first-order valence-corrected chi connectivity index (χ1v) is 5.69. The van der Waals surface area contributed by atoms with Crippen molar-refractivity contribution in [3.8, 4) is 0 Å². The van der Waals surface area contributed by atoms with Crippen LogP contribution in [0, 0.1) is 33.4 Å². The van der Waals surface area contributed by atoms with Crippen molar-refractivity contribution in [2.45, 2.75) is 6.54 Å². The van der Waals surface area contributed by atoms with Gasteiger partial charge >= 0.3 is 0 Å². The molecule has 0 heterocycles. The third-order valence-corrected chi connectivity index (χ3v) is 2.66. The number of nitrogens with zero attached hydrogens (tertiary/aromatic N) is 1. The highest BCUT2D eigenvalue weighted by molar-refractivity contribution is 5.62. The van der Waals surface area contributed by atoms with Gasteiger partial charge in [-0.1, -0.05) is 0 Å². The Kier molecular flexibility index (Phi) is 4.06. The van der Waals surface area contributed by atoms with Gasteiger partial charge in [-0.05, 0) is 23.8 Å². The number of hydrogen-bond acceptors (Lipinski definition) is 3. The summed E-state index contributed by atoms with van der Waals surface area (Å²) in [5.41, 5.74) is -1.26. The summed E-state index contributed by atoms with van der Waals surface area (Å²) in [7, 11) is 0. The molecule has 0 atom stereocenters. The second-order valence-corrected chi connectivity index (χ2v) is 4.14. The summed E-state index contributed by atoms with van der Waals surface area (Å²) in [6.07, 6.45) is 0. The standard InChI is InChI=1S/C13H8F4N2O2/c14-8-3-7(4-9(15)5-8)6-18-13-11(19(20)21)2-1-10(16)12(13)17/h1-5,18H,6H2. The van der Waals surface area contributed by atoms with Crippen LogP contribution < -0.4 is 5.32 Å². The minimum Gasteiger partial charge on any atom is -0.373 e. The molecule has 0 saturated heterocycles. The maximum Gasteiger partial charge on any atom is 0.295 e. The highest BCUT2D eigenvalue weighted by Gasteiger charge is 2.21. The van der Waals surface area contributed by atoms with Gasteiger partial charge in [0.15, 0.2) is 17.3 Å². The number of anilines is 1. The smallest absolute Gasteiger partial charge is 0.295 e. The van der Waals surface area contributed by atoms with E-state index in [0.29, 0.717) is 12.1 Å². The van der Waals surface area contributed by atoms with Gasteiger partial charge in [0.1, 0.15) is 11.6 Å². The van der Waals surface area contributed by atoms with Gasteiger partial charge in [0, 0.05) is 18.7 Å². The largest absolute Gasteiger partial charge is 0.373 e. The first-order chi connectivity index (χ1) is 9.88. The Morgan fingerprint density at radius 2 is 1.67 bits per heavy atom. The van der Waals surface area contributed by atoms with Gasteiger partial charge in [-0.15, -0.1) is 0 Å². The van der Waals surface area contributed by atoms with Crippen LogP contribution in [-0.2, 0) is 6.54 Å². The van der Waals surface area contributed by atoms with Gasteiger partial charge in [0.2, 0.25) is 0 Å². The van der Waals surface area contributed by atoms with Crippen molar-refractivity contribution < 1.29 is 22.5 Å². The SMILES string of the molecule is O=[N+]([O-])c1ccc(F)c(F)c1NCc1cc(F)cc(F)c1. The molecule has 0 amide bonds. The summed E-state index contributed by atoms with van der Waals surface area (Å²) in [5, 5.41) is 13.0. The molecule has 4 nitrogen and oxygen atoms in total. The zero-order chi connectivity index (χ0) is 15.6. The zero-order valence-electron chi connectivity index (χ0n) is 10.4. The van der Waals surface area contributed by atoms with E-state index in [4.69, 9.17) is 0 Å². The molecule has 0 spiro atoms. The maximum absolute atomic E-state index is 13.6. The minimum absolute atomic E-state index is 0.0884. The predicted molar refractivity (Wildman–Crippen MR) is 66.7 cm³/mol. The van der Waals surface area contributed by atoms with Gasteiger partial charge in [-0.2, -0.15) is 0 Å². The zero-order valence-corrected chi connectivity index (χ0v) is 10.4. The topological polar surface area (TPSA) is 55.2 Å². The van der Waals surface area contributed by atoms with Crippen LogP contribution in [-0.4, -0.2) is 4.92 Å². The van der Waals surface area contributed by atoms with Crippen LogP contribution in [0.15, 0.2) is 30.3 Å². The van der Waals surface area contributed by atoms with E-state index in [1.807, 2.05) is 0 Å². The van der Waals surface area contributed by atoms with E-state index in [9.17, 15) is 27.7 Å². The first-order valence-electron chi connectivity index (χ1n) is 5.69. The van der Waals surface area contributed by atoms with E-state index in [1.165, 1.54) is 0 Å². The van der Waals surface area contributed by atoms with E-state index in [0.717, 1.165) is 18.2 Å². The average molecular weight is 300 g/mol. The Morgan fingerprint density at radius 1 is 1.05 bits per heavy atom. The molecule has 0 aliphatic carbocycles. The Balaban J connectivity index is 2.31. The third-order valence-electron chi connectivity index (χ3n) is 2.66. The van der Waals surface area contributed by atoms with Crippen molar-refractivity contribution >= 4 is 11.4 Å². The minimum atomic E-state index is -1.43. The van der Waals surface area contributed by atoms with Crippen LogP contribution in [0.4, 0.5) is 28.9 Å². The van der Waals surface area contributed by atoms with Gasteiger partial charge in [0.05, 0.1) is 4.92 Å². The lowest BCUT2D eigenvalue weighted by atomic mass is 10.2. The molecular weight excluding hydrogens is 292 g/mol. The van der Waals surface area contributed by atoms with Gasteiger partial charge in [0.25, 0.3) is 5.69 Å². The average Bonchev–Trinajstić information content (AvgIpc) is 2.39. The van der Waals surface area contributed by atoms with E-state index in [2.05, 4.69) is 5.32 Å². The normalized spacial score (nSPS) is 10.5. The molecule has 2 aromatic carbocycles. The Labute approximate surface area is 116 Å². The van der Waals surface area contributed by atoms with Crippen molar-refractivity contribution in [3.63, 3.8) is 0 Å². The fourth-order valence-corrected chi connectivity index (χ4v) is 1.76. The number of nitro groups is 1. The van der Waals surface area contributed by atoms with Crippen LogP contribution in [0.2, 0.25) is 0 Å². The molecule has 8 heteroatoms. The number of rotatable bonds is 4. The fourth-order valence-electron chi connectivity index (χ4n) is 1.76. The summed E-state index contributed by atoms with van der Waals surface area (Å²) >= 11 is 0. The van der Waals surface area contributed by atoms with Crippen LogP contribution in [0.3, 0.4) is 0 Å². The van der Waals surface area contributed by atoms with Crippen LogP contribution in [0.1, 0.15) is 5.56 Å². The second kappa shape index (κ2) is 5.78. The van der Waals surface area contributed by atoms with Crippen molar-refractivity contribution in [3.05, 3.63) is 69.3 Å². The van der Waals surface area contributed by atoms with Gasteiger partial charge in [-0.25, -0.2) is 17.6 Å². The van der Waals surface area contributed by atoms with E-state index in [-0.39, 0.29) is 12.1 Å². The summed E-state index contributed by atoms with van der Waals surface area (Å²) in [6, 6.07) is 4.01. The highest BCUT2D eigenvalue weighted by Crippen LogP contribution is 2.29. The number of nitrogens with one attached hydrogen (secondary N) is 1. The van der Waals surface area contributed by atoms with E-state index in [1.54, 1.807) is 0 Å². The highest BCUT2D eigenvalue weighted by atomic mass is 19.2. The lowest BCUT2D eigenvalue weighted by molar-refractivity contribution is -0.384. The lowest BCUT2D eigenvalue weighted by Gasteiger charge is -2.09. The lowest BCUT2D eigenvalue weighted by Crippen LogP contribution is -2.06. The molecule has 0 bridgehead atoms. The molecule has 2 rings (SSSR count). The molecule has 0 aliphatic rings. The molecule has 21 heavy (non-hydrogen) atoms. The molecule has 0 fully saturated rings. The second-order valence-electron chi connectivity index (χ2n) is 4.14. The third kappa shape index (κ3) is 3.28. The number of halogens is 4. The van der Waals surface area contributed by atoms with Crippen molar-refractivity contribution in [1.29, 1.82) is 0 Å². The number of hydrogen-bond donors (Lipinski definition) is 1. The molecule has 0 aromatic heterocycles. The first kappa shape index (κ1) is 14.8. The Morgan fingerprint density at radius 3 is 2.24 bits per heavy atom. The summed E-state index contributed by atoms with van der Waals surface area (Å²) in [6.45, 7) is -0.310. The molecule has 0 unspecified atom stereocenters. The van der Waals surface area contributed by atoms with Gasteiger partial charge < -0.3 is 5.32 Å². The van der Waals surface area contributed by atoms with E-state index < -0.39 is 39.6 Å². The summed E-state index contributed by atoms with van der Waals surface area (Å²) in [4.78, 5) is 9.87. The fraction of sp³-hybridized carbons (Fsp3) is 0.0769. The van der Waals surface area contributed by atoms with Crippen LogP contribution >= 0.6 is 0 Å². The molecule has 0 saturated carbocycles. The maximum atomic E-state index is 13.6. The predicted octanol–water partition coefficient (Wildman–Crippen LogP) is 3.76. The van der Waals surface area contributed by atoms with Gasteiger partial charge in [-0.3, -0.25) is 10.1 Å². The number of nitro benzene ring substituents is 1. The molecule has 0 radical (unpaired) electrons. The Bertz CT molecular complexity index is 687. The Hall–Kier alpha value is -2.64. The molecular formula is C13H8F4N2O2. The van der Waals surface area contributed by atoms with Crippen molar-refractivity contribution in [2.75, 3.05) is 5.32 Å². The van der Waals surface area contributed by atoms with Crippen molar-refractivity contribution in [2.24, 2.45) is 0 Å². The molecule has 1 N–H and O–H groups in total. The van der Waals surface area contributed by atoms with Crippen LogP contribution in [0.25, 0.3) is 0 Å². The molecule has 0 aliphatic heterocycles. The monoisotopic (exact) mass is 300 g/mol.